The van der Waals surface area contributed by atoms with Gasteiger partial charge in [0.2, 0.25) is 5.91 Å². The Hall–Kier alpha value is -3.02. The molecule has 0 unspecified atom stereocenters. The lowest BCUT2D eigenvalue weighted by molar-refractivity contribution is 0.0996. The summed E-state index contributed by atoms with van der Waals surface area (Å²) >= 11 is 0. The first-order valence-corrected chi connectivity index (χ1v) is 6.16. The number of carbonyl (C=O) groups excluding carboxylic acids is 2. The van der Waals surface area contributed by atoms with Gasteiger partial charge in [0.25, 0.3) is 5.91 Å². The zero-order valence-electron chi connectivity index (χ0n) is 11.4. The molecular formula is C15H15N3O3. The molecule has 0 bridgehead atoms. The molecule has 0 spiro atoms. The van der Waals surface area contributed by atoms with Crippen LogP contribution in [-0.2, 0) is 0 Å². The summed E-state index contributed by atoms with van der Waals surface area (Å²) in [5.41, 5.74) is 12.5. The van der Waals surface area contributed by atoms with Crippen molar-refractivity contribution in [2.75, 3.05) is 18.2 Å². The van der Waals surface area contributed by atoms with E-state index in [0.717, 1.165) is 0 Å². The van der Waals surface area contributed by atoms with E-state index in [9.17, 15) is 9.59 Å². The number of hydrogen-bond donors (Lipinski definition) is 3. The van der Waals surface area contributed by atoms with Crippen LogP contribution in [0.5, 0.6) is 5.75 Å². The lowest BCUT2D eigenvalue weighted by atomic mass is 10.1. The van der Waals surface area contributed by atoms with Gasteiger partial charge in [-0.05, 0) is 42.5 Å². The highest BCUT2D eigenvalue weighted by Crippen LogP contribution is 2.26. The number of nitrogens with two attached hydrogens (primary N) is 2. The number of rotatable bonds is 4. The molecular weight excluding hydrogens is 270 g/mol. The minimum absolute atomic E-state index is 0.281. The number of nitrogen functional groups attached to an aromatic ring is 1. The van der Waals surface area contributed by atoms with Gasteiger partial charge >= 0.3 is 0 Å². The maximum Gasteiger partial charge on any atom is 0.255 e. The van der Waals surface area contributed by atoms with Crippen molar-refractivity contribution < 1.29 is 14.3 Å². The molecule has 0 aliphatic rings. The second-order valence-corrected chi connectivity index (χ2v) is 4.36. The van der Waals surface area contributed by atoms with Gasteiger partial charge in [-0.2, -0.15) is 0 Å². The third-order valence-corrected chi connectivity index (χ3v) is 2.91. The number of benzene rings is 2. The maximum atomic E-state index is 12.2. The first-order valence-electron chi connectivity index (χ1n) is 6.16. The number of amides is 2. The molecule has 0 heterocycles. The SMILES string of the molecule is COc1ccc(C(N)=O)cc1NC(=O)c1ccc(N)cc1. The van der Waals surface area contributed by atoms with E-state index in [-0.39, 0.29) is 11.5 Å². The molecule has 0 fully saturated rings. The fourth-order valence-corrected chi connectivity index (χ4v) is 1.79. The van der Waals surface area contributed by atoms with Gasteiger partial charge in [0, 0.05) is 16.8 Å². The van der Waals surface area contributed by atoms with Crippen LogP contribution < -0.4 is 21.5 Å². The summed E-state index contributed by atoms with van der Waals surface area (Å²) in [5, 5.41) is 2.68. The summed E-state index contributed by atoms with van der Waals surface area (Å²) in [6.45, 7) is 0. The lowest BCUT2D eigenvalue weighted by Crippen LogP contribution is -2.15. The van der Waals surface area contributed by atoms with Crippen molar-refractivity contribution in [3.05, 3.63) is 53.6 Å². The lowest BCUT2D eigenvalue weighted by Gasteiger charge is -2.11. The molecule has 0 atom stereocenters. The number of anilines is 2. The molecule has 0 aliphatic carbocycles. The highest BCUT2D eigenvalue weighted by atomic mass is 16.5. The second kappa shape index (κ2) is 5.96. The zero-order valence-corrected chi connectivity index (χ0v) is 11.4. The fraction of sp³-hybridized carbons (Fsp3) is 0.0667. The third kappa shape index (κ3) is 3.30. The number of nitrogens with one attached hydrogen (secondary N) is 1. The van der Waals surface area contributed by atoms with Crippen molar-refractivity contribution in [1.29, 1.82) is 0 Å². The number of methoxy groups -OCH3 is 1. The number of carbonyl (C=O) groups is 2. The van der Waals surface area contributed by atoms with Crippen molar-refractivity contribution in [2.45, 2.75) is 0 Å². The minimum Gasteiger partial charge on any atom is -0.495 e. The average Bonchev–Trinajstić information content (AvgIpc) is 2.47. The monoisotopic (exact) mass is 285 g/mol. The smallest absolute Gasteiger partial charge is 0.255 e. The number of primary amides is 1. The highest BCUT2D eigenvalue weighted by molar-refractivity contribution is 6.06. The summed E-state index contributed by atoms with van der Waals surface area (Å²) < 4.78 is 5.15. The molecule has 2 rings (SSSR count). The Kier molecular flexibility index (Phi) is 4.08. The molecule has 0 aliphatic heterocycles. The Labute approximate surface area is 121 Å². The van der Waals surface area contributed by atoms with Gasteiger partial charge in [-0.25, -0.2) is 0 Å². The maximum absolute atomic E-state index is 12.2. The average molecular weight is 285 g/mol. The van der Waals surface area contributed by atoms with E-state index in [4.69, 9.17) is 16.2 Å². The highest BCUT2D eigenvalue weighted by Gasteiger charge is 2.12. The Bertz CT molecular complexity index is 681. The summed E-state index contributed by atoms with van der Waals surface area (Å²) in [5.74, 6) is -0.487. The van der Waals surface area contributed by atoms with E-state index in [1.807, 2.05) is 0 Å². The molecule has 0 saturated heterocycles. The molecule has 2 aromatic rings. The molecule has 0 aromatic heterocycles. The summed E-state index contributed by atoms with van der Waals surface area (Å²) in [4.78, 5) is 23.4. The molecule has 0 radical (unpaired) electrons. The van der Waals surface area contributed by atoms with Crippen LogP contribution in [-0.4, -0.2) is 18.9 Å². The van der Waals surface area contributed by atoms with Crippen LogP contribution in [0.4, 0.5) is 11.4 Å². The number of ether oxygens (including phenoxy) is 1. The van der Waals surface area contributed by atoms with Crippen molar-refractivity contribution in [3.8, 4) is 5.75 Å². The largest absolute Gasteiger partial charge is 0.495 e. The zero-order chi connectivity index (χ0) is 15.4. The summed E-state index contributed by atoms with van der Waals surface area (Å²) in [6.07, 6.45) is 0. The van der Waals surface area contributed by atoms with E-state index in [2.05, 4.69) is 5.32 Å². The Morgan fingerprint density at radius 3 is 2.24 bits per heavy atom. The van der Waals surface area contributed by atoms with Crippen LogP contribution >= 0.6 is 0 Å². The predicted molar refractivity (Wildman–Crippen MR) is 80.3 cm³/mol. The third-order valence-electron chi connectivity index (χ3n) is 2.91. The minimum atomic E-state index is -0.583. The Morgan fingerprint density at radius 2 is 1.67 bits per heavy atom. The van der Waals surface area contributed by atoms with Gasteiger partial charge in [0.1, 0.15) is 5.75 Å². The van der Waals surface area contributed by atoms with Crippen molar-refractivity contribution in [2.24, 2.45) is 5.73 Å². The summed E-state index contributed by atoms with van der Waals surface area (Å²) in [7, 11) is 1.47. The van der Waals surface area contributed by atoms with E-state index >= 15 is 0 Å². The van der Waals surface area contributed by atoms with Crippen molar-refractivity contribution in [3.63, 3.8) is 0 Å². The predicted octanol–water partition coefficient (Wildman–Crippen LogP) is 1.63. The van der Waals surface area contributed by atoms with Crippen LogP contribution in [0.2, 0.25) is 0 Å². The van der Waals surface area contributed by atoms with Gasteiger partial charge < -0.3 is 21.5 Å². The van der Waals surface area contributed by atoms with E-state index in [1.165, 1.54) is 19.2 Å². The standard InChI is InChI=1S/C15H15N3O3/c1-21-13-7-4-10(14(17)19)8-12(13)18-15(20)9-2-5-11(16)6-3-9/h2-8H,16H2,1H3,(H2,17,19)(H,18,20). The quantitative estimate of drug-likeness (QED) is 0.742. The van der Waals surface area contributed by atoms with E-state index in [1.54, 1.807) is 30.3 Å². The Morgan fingerprint density at radius 1 is 1.05 bits per heavy atom. The topological polar surface area (TPSA) is 107 Å². The summed E-state index contributed by atoms with van der Waals surface area (Å²) in [6, 6.07) is 11.0. The normalized spacial score (nSPS) is 9.95. The molecule has 5 N–H and O–H groups in total. The van der Waals surface area contributed by atoms with Crippen LogP contribution in [0.3, 0.4) is 0 Å². The molecule has 6 heteroatoms. The van der Waals surface area contributed by atoms with Gasteiger partial charge in [-0.1, -0.05) is 0 Å². The van der Waals surface area contributed by atoms with Gasteiger partial charge in [0.05, 0.1) is 12.8 Å². The van der Waals surface area contributed by atoms with Crippen LogP contribution in [0, 0.1) is 0 Å². The number of hydrogen-bond acceptors (Lipinski definition) is 4. The van der Waals surface area contributed by atoms with E-state index < -0.39 is 5.91 Å². The Balaban J connectivity index is 2.29. The second-order valence-electron chi connectivity index (χ2n) is 4.36. The van der Waals surface area contributed by atoms with E-state index in [0.29, 0.717) is 22.7 Å². The first-order chi connectivity index (χ1) is 10.0. The first kappa shape index (κ1) is 14.4. The molecule has 6 nitrogen and oxygen atoms in total. The molecule has 21 heavy (non-hydrogen) atoms. The van der Waals surface area contributed by atoms with Crippen molar-refractivity contribution >= 4 is 23.2 Å². The molecule has 108 valence electrons. The van der Waals surface area contributed by atoms with Gasteiger partial charge in [0.15, 0.2) is 0 Å². The van der Waals surface area contributed by atoms with Gasteiger partial charge in [-0.15, -0.1) is 0 Å². The molecule has 0 saturated carbocycles. The molecule has 2 aromatic carbocycles. The van der Waals surface area contributed by atoms with Crippen molar-refractivity contribution in [1.82, 2.24) is 0 Å². The van der Waals surface area contributed by atoms with Crippen LogP contribution in [0.1, 0.15) is 20.7 Å². The van der Waals surface area contributed by atoms with Crippen LogP contribution in [0.15, 0.2) is 42.5 Å². The van der Waals surface area contributed by atoms with Gasteiger partial charge in [-0.3, -0.25) is 9.59 Å². The van der Waals surface area contributed by atoms with Crippen LogP contribution in [0.25, 0.3) is 0 Å². The molecule has 2 amide bonds. The fourth-order valence-electron chi connectivity index (χ4n) is 1.79.